The maximum Gasteiger partial charge on any atom is 0.191 e. The van der Waals surface area contributed by atoms with Gasteiger partial charge in [-0.2, -0.15) is 0 Å². The van der Waals surface area contributed by atoms with Crippen LogP contribution in [0.5, 0.6) is 5.75 Å². The molecule has 0 aliphatic carbocycles. The summed E-state index contributed by atoms with van der Waals surface area (Å²) in [5.74, 6) is 0.891. The van der Waals surface area contributed by atoms with E-state index >= 15 is 0 Å². The van der Waals surface area contributed by atoms with E-state index in [0.29, 0.717) is 35.3 Å². The van der Waals surface area contributed by atoms with Crippen molar-refractivity contribution in [3.05, 3.63) is 59.4 Å². The molecular weight excluding hydrogens is 381 g/mol. The first-order valence-electron chi connectivity index (χ1n) is 8.85. The van der Waals surface area contributed by atoms with Gasteiger partial charge in [-0.1, -0.05) is 12.1 Å². The summed E-state index contributed by atoms with van der Waals surface area (Å²) in [6, 6.07) is 11.1. The zero-order valence-electron chi connectivity index (χ0n) is 16.5. The number of rotatable bonds is 7. The molecule has 0 aliphatic heterocycles. The highest BCUT2D eigenvalue weighted by Gasteiger charge is 2.11. The first kappa shape index (κ1) is 21.7. The Hall–Kier alpha value is -2.61. The molecule has 0 aliphatic rings. The molecule has 2 aromatic carbocycles. The highest BCUT2D eigenvalue weighted by Crippen LogP contribution is 2.16. The van der Waals surface area contributed by atoms with E-state index in [1.165, 1.54) is 18.4 Å². The largest absolute Gasteiger partial charge is 0.489 e. The lowest BCUT2D eigenvalue weighted by atomic mass is 10.1. The zero-order valence-corrected chi connectivity index (χ0v) is 17.3. The lowest BCUT2D eigenvalue weighted by Crippen LogP contribution is -2.41. The van der Waals surface area contributed by atoms with Crippen LogP contribution in [0.4, 0.5) is 4.39 Å². The number of hydrogen-bond acceptors (Lipinski definition) is 4. The molecule has 28 heavy (non-hydrogen) atoms. The van der Waals surface area contributed by atoms with Crippen LogP contribution < -0.4 is 15.4 Å². The Morgan fingerprint density at radius 3 is 2.43 bits per heavy atom. The summed E-state index contributed by atoms with van der Waals surface area (Å²) in [6.07, 6.45) is 1.05. The van der Waals surface area contributed by atoms with Crippen molar-refractivity contribution >= 4 is 15.8 Å². The Morgan fingerprint density at radius 2 is 1.86 bits per heavy atom. The highest BCUT2D eigenvalue weighted by atomic mass is 32.2. The minimum atomic E-state index is -3.22. The van der Waals surface area contributed by atoms with Crippen molar-refractivity contribution in [2.45, 2.75) is 31.4 Å². The number of nitrogens with one attached hydrogen (secondary N) is 2. The fraction of sp³-hybridized carbons (Fsp3) is 0.350. The molecule has 0 bridgehead atoms. The third-order valence-corrected chi connectivity index (χ3v) is 5.29. The van der Waals surface area contributed by atoms with Crippen molar-refractivity contribution in [1.29, 1.82) is 0 Å². The highest BCUT2D eigenvalue weighted by molar-refractivity contribution is 7.90. The third kappa shape index (κ3) is 6.53. The number of ether oxygens (including phenoxy) is 1. The fourth-order valence-corrected chi connectivity index (χ4v) is 3.63. The Bertz CT molecular complexity index is 928. The minimum absolute atomic E-state index is 0.153. The molecule has 0 heterocycles. The number of aryl methyl sites for hydroxylation is 1. The van der Waals surface area contributed by atoms with E-state index in [4.69, 9.17) is 4.74 Å². The standard InChI is InChI=1S/C20H26FN3O3S/c1-14-11-16(5-10-19(14)28(4,25)26)13-24-20(22-3)23-12-15(2)27-18-8-6-17(21)7-9-18/h5-11,15H,12-13H2,1-4H3,(H2,22,23,24). The predicted molar refractivity (Wildman–Crippen MR) is 109 cm³/mol. The fourth-order valence-electron chi connectivity index (χ4n) is 2.67. The molecule has 0 saturated carbocycles. The molecule has 1 unspecified atom stereocenters. The molecule has 0 radical (unpaired) electrons. The molecule has 6 nitrogen and oxygen atoms in total. The Balaban J connectivity index is 1.86. The summed E-state index contributed by atoms with van der Waals surface area (Å²) in [5, 5.41) is 6.35. The van der Waals surface area contributed by atoms with Gasteiger partial charge < -0.3 is 15.4 Å². The lowest BCUT2D eigenvalue weighted by molar-refractivity contribution is 0.223. The second-order valence-electron chi connectivity index (χ2n) is 6.56. The topological polar surface area (TPSA) is 79.8 Å². The summed E-state index contributed by atoms with van der Waals surface area (Å²) < 4.78 is 42.0. The summed E-state index contributed by atoms with van der Waals surface area (Å²) >= 11 is 0. The maximum absolute atomic E-state index is 12.9. The first-order chi connectivity index (χ1) is 13.2. The van der Waals surface area contributed by atoms with Gasteiger partial charge in [-0.05, 0) is 55.3 Å². The molecular formula is C20H26FN3O3S. The van der Waals surface area contributed by atoms with E-state index in [2.05, 4.69) is 15.6 Å². The first-order valence-corrected chi connectivity index (χ1v) is 10.7. The van der Waals surface area contributed by atoms with E-state index in [0.717, 1.165) is 5.56 Å². The van der Waals surface area contributed by atoms with E-state index in [1.807, 2.05) is 13.0 Å². The number of guanidine groups is 1. The van der Waals surface area contributed by atoms with Gasteiger partial charge in [-0.25, -0.2) is 12.8 Å². The molecule has 152 valence electrons. The molecule has 8 heteroatoms. The van der Waals surface area contributed by atoms with Crippen LogP contribution in [-0.4, -0.2) is 40.3 Å². The summed E-state index contributed by atoms with van der Waals surface area (Å²) in [5.41, 5.74) is 1.66. The number of benzene rings is 2. The number of sulfone groups is 1. The van der Waals surface area contributed by atoms with Crippen LogP contribution in [0, 0.1) is 12.7 Å². The van der Waals surface area contributed by atoms with E-state index in [9.17, 15) is 12.8 Å². The Morgan fingerprint density at radius 1 is 1.18 bits per heavy atom. The normalized spacial score (nSPS) is 13.1. The van der Waals surface area contributed by atoms with E-state index in [-0.39, 0.29) is 11.9 Å². The van der Waals surface area contributed by atoms with Gasteiger partial charge in [0.15, 0.2) is 15.8 Å². The van der Waals surface area contributed by atoms with Gasteiger partial charge in [0.25, 0.3) is 0 Å². The van der Waals surface area contributed by atoms with Crippen molar-refractivity contribution in [2.75, 3.05) is 19.8 Å². The van der Waals surface area contributed by atoms with Crippen molar-refractivity contribution in [2.24, 2.45) is 4.99 Å². The molecule has 2 aromatic rings. The van der Waals surface area contributed by atoms with Crippen molar-refractivity contribution in [1.82, 2.24) is 10.6 Å². The molecule has 0 spiro atoms. The number of hydrogen-bond donors (Lipinski definition) is 2. The number of aliphatic imine (C=N–C) groups is 1. The monoisotopic (exact) mass is 407 g/mol. The maximum atomic E-state index is 12.9. The van der Waals surface area contributed by atoms with Gasteiger partial charge in [0.2, 0.25) is 0 Å². The van der Waals surface area contributed by atoms with Gasteiger partial charge in [-0.3, -0.25) is 4.99 Å². The molecule has 2 rings (SSSR count). The van der Waals surface area contributed by atoms with Crippen molar-refractivity contribution in [3.63, 3.8) is 0 Å². The average Bonchev–Trinajstić information content (AvgIpc) is 2.63. The van der Waals surface area contributed by atoms with Gasteiger partial charge in [0.1, 0.15) is 17.7 Å². The van der Waals surface area contributed by atoms with Crippen LogP contribution in [-0.2, 0) is 16.4 Å². The van der Waals surface area contributed by atoms with Crippen LogP contribution in [0.15, 0.2) is 52.4 Å². The number of halogens is 1. The SMILES string of the molecule is CN=C(NCc1ccc(S(C)(=O)=O)c(C)c1)NCC(C)Oc1ccc(F)cc1. The smallest absolute Gasteiger partial charge is 0.191 e. The quantitative estimate of drug-likeness (QED) is 0.545. The molecule has 0 amide bonds. The minimum Gasteiger partial charge on any atom is -0.489 e. The molecule has 0 aromatic heterocycles. The van der Waals surface area contributed by atoms with Gasteiger partial charge in [0.05, 0.1) is 11.4 Å². The molecule has 0 fully saturated rings. The van der Waals surface area contributed by atoms with E-state index in [1.54, 1.807) is 38.2 Å². The Labute approximate surface area is 165 Å². The second kappa shape index (κ2) is 9.54. The molecule has 0 saturated heterocycles. The summed E-state index contributed by atoms with van der Waals surface area (Å²) in [4.78, 5) is 4.50. The zero-order chi connectivity index (χ0) is 20.7. The van der Waals surface area contributed by atoms with Crippen molar-refractivity contribution < 1.29 is 17.5 Å². The third-order valence-electron chi connectivity index (χ3n) is 4.03. The van der Waals surface area contributed by atoms with Crippen molar-refractivity contribution in [3.8, 4) is 5.75 Å². The molecule has 2 N–H and O–H groups in total. The van der Waals surface area contributed by atoms with Crippen LogP contribution in [0.1, 0.15) is 18.1 Å². The number of nitrogens with zero attached hydrogens (tertiary/aromatic N) is 1. The van der Waals surface area contributed by atoms with Gasteiger partial charge in [0, 0.05) is 19.8 Å². The van der Waals surface area contributed by atoms with Crippen LogP contribution in [0.2, 0.25) is 0 Å². The lowest BCUT2D eigenvalue weighted by Gasteiger charge is -2.18. The summed E-state index contributed by atoms with van der Waals surface area (Å²) in [6.45, 7) is 4.68. The van der Waals surface area contributed by atoms with Gasteiger partial charge >= 0.3 is 0 Å². The summed E-state index contributed by atoms with van der Waals surface area (Å²) in [7, 11) is -1.56. The predicted octanol–water partition coefficient (Wildman–Crippen LogP) is 2.67. The second-order valence-corrected chi connectivity index (χ2v) is 8.55. The van der Waals surface area contributed by atoms with Crippen LogP contribution >= 0.6 is 0 Å². The Kier molecular flexibility index (Phi) is 7.39. The van der Waals surface area contributed by atoms with E-state index < -0.39 is 9.84 Å². The molecule has 1 atom stereocenters. The van der Waals surface area contributed by atoms with Crippen LogP contribution in [0.25, 0.3) is 0 Å². The van der Waals surface area contributed by atoms with Gasteiger partial charge in [-0.15, -0.1) is 0 Å². The average molecular weight is 408 g/mol. The van der Waals surface area contributed by atoms with Crippen LogP contribution in [0.3, 0.4) is 0 Å².